The zero-order chi connectivity index (χ0) is 72.5. The van der Waals surface area contributed by atoms with Gasteiger partial charge in [0.15, 0.2) is 23.1 Å². The summed E-state index contributed by atoms with van der Waals surface area (Å²) >= 11 is 0. The summed E-state index contributed by atoms with van der Waals surface area (Å²) in [7, 11) is 1.89. The molecule has 0 bridgehead atoms. The summed E-state index contributed by atoms with van der Waals surface area (Å²) in [6, 6.07) is 56.9. The number of Topliss-reactive ketones (excluding diaryl/α,β-unsaturated/α-hetero) is 4. The first-order valence-corrected chi connectivity index (χ1v) is 35.9. The maximum atomic E-state index is 11.2. The summed E-state index contributed by atoms with van der Waals surface area (Å²) in [5.41, 5.74) is 35.4. The van der Waals surface area contributed by atoms with Gasteiger partial charge in [0.1, 0.15) is 6.10 Å². The maximum Gasteiger partial charge on any atom is 0.273 e. The normalized spacial score (nSPS) is 20.2. The van der Waals surface area contributed by atoms with E-state index in [2.05, 4.69) is 160 Å². The van der Waals surface area contributed by atoms with Gasteiger partial charge < -0.3 is 31.1 Å². The van der Waals surface area contributed by atoms with Crippen molar-refractivity contribution in [2.24, 2.45) is 5.73 Å². The molecule has 0 radical (unpaired) electrons. The van der Waals surface area contributed by atoms with Crippen LogP contribution < -0.4 is 11.1 Å². The molecule has 13 nitrogen and oxygen atoms in total. The minimum Gasteiger partial charge on any atom is -0.391 e. The van der Waals surface area contributed by atoms with Crippen molar-refractivity contribution in [1.29, 1.82) is 0 Å². The van der Waals surface area contributed by atoms with Crippen LogP contribution in [0.3, 0.4) is 0 Å². The van der Waals surface area contributed by atoms with Crippen molar-refractivity contribution in [2.45, 2.75) is 181 Å². The molecule has 0 saturated carbocycles. The highest BCUT2D eigenvalue weighted by Crippen LogP contribution is 2.49. The summed E-state index contributed by atoms with van der Waals surface area (Å²) < 4.78 is 5.43. The molecular weight excluding hydrogens is 1270 g/mol. The number of nitrogens with one attached hydrogen (secondary N) is 1. The summed E-state index contributed by atoms with van der Waals surface area (Å²) in [5.74, 6) is 0.932. The molecule has 1 heterocycles. The molecule has 0 aromatic heterocycles. The lowest BCUT2D eigenvalue weighted by Crippen LogP contribution is -2.25. The van der Waals surface area contributed by atoms with Gasteiger partial charge in [-0.3, -0.25) is 29.3 Å². The van der Waals surface area contributed by atoms with Gasteiger partial charge in [0.2, 0.25) is 0 Å². The lowest BCUT2D eigenvalue weighted by atomic mass is 10.1. The molecule has 1 saturated heterocycles. The minimum absolute atomic E-state index is 0.0127. The van der Waals surface area contributed by atoms with E-state index in [0.717, 1.165) is 79.2 Å². The second-order valence-corrected chi connectivity index (χ2v) is 28.5. The number of ether oxygens (including phenoxy) is 1. The molecule has 1 aliphatic heterocycles. The van der Waals surface area contributed by atoms with Crippen molar-refractivity contribution in [3.05, 3.63) is 325 Å². The lowest BCUT2D eigenvalue weighted by molar-refractivity contribution is -0.385. The van der Waals surface area contributed by atoms with Crippen LogP contribution in [0.4, 0.5) is 5.69 Å². The number of epoxide rings is 1. The molecule has 9 aliphatic carbocycles. The second-order valence-electron chi connectivity index (χ2n) is 28.5. The van der Waals surface area contributed by atoms with E-state index in [1.54, 1.807) is 12.1 Å². The average Bonchev–Trinajstić information content (AvgIpc) is 1.59. The maximum absolute atomic E-state index is 11.2. The summed E-state index contributed by atoms with van der Waals surface area (Å²) in [5, 5.41) is 42.4. The van der Waals surface area contributed by atoms with Crippen LogP contribution in [-0.4, -0.2) is 68.7 Å². The van der Waals surface area contributed by atoms with Gasteiger partial charge in [-0.1, -0.05) is 203 Å². The van der Waals surface area contributed by atoms with Crippen LogP contribution in [0.1, 0.15) is 215 Å². The molecule has 1 fully saturated rings. The Morgan fingerprint density at radius 2 is 0.892 bits per heavy atom. The topological polar surface area (TPSA) is 223 Å². The molecule has 6 N–H and O–H groups in total. The van der Waals surface area contributed by atoms with Crippen molar-refractivity contribution in [3.8, 4) is 0 Å². The lowest BCUT2D eigenvalue weighted by Gasteiger charge is -2.14. The van der Waals surface area contributed by atoms with Gasteiger partial charge in [-0.2, -0.15) is 0 Å². The molecule has 9 aromatic carbocycles. The first-order valence-electron chi connectivity index (χ1n) is 35.9. The number of fused-ring (bicyclic) bond motifs is 11. The number of nitro groups is 1. The largest absolute Gasteiger partial charge is 0.391 e. The first-order chi connectivity index (χ1) is 49.0. The molecule has 19 rings (SSSR count). The molecule has 0 spiro atoms. The molecule has 9 aromatic rings. The third kappa shape index (κ3) is 17.9. The molecular formula is C89H95N3O10. The predicted molar refractivity (Wildman–Crippen MR) is 404 cm³/mol. The Hall–Kier alpha value is -9.44. The summed E-state index contributed by atoms with van der Waals surface area (Å²) in [6.45, 7) is 14.5. The number of benzene rings is 9. The monoisotopic (exact) mass is 1370 g/mol. The van der Waals surface area contributed by atoms with E-state index in [9.17, 15) is 44.6 Å². The van der Waals surface area contributed by atoms with E-state index in [1.165, 1.54) is 106 Å². The second kappa shape index (κ2) is 33.1. The molecule has 7 atom stereocenters. The Kier molecular flexibility index (Phi) is 24.0. The molecule has 526 valence electrons. The molecule has 0 amide bonds. The third-order valence-electron chi connectivity index (χ3n) is 20.7. The first kappa shape index (κ1) is 73.8. The van der Waals surface area contributed by atoms with Gasteiger partial charge in [-0.25, -0.2) is 0 Å². The average molecular weight is 1370 g/mol. The van der Waals surface area contributed by atoms with Gasteiger partial charge in [0, 0.05) is 78.8 Å². The summed E-state index contributed by atoms with van der Waals surface area (Å²) in [6.07, 6.45) is 16.1. The van der Waals surface area contributed by atoms with Gasteiger partial charge >= 0.3 is 0 Å². The smallest absolute Gasteiger partial charge is 0.273 e. The van der Waals surface area contributed by atoms with Crippen molar-refractivity contribution in [3.63, 3.8) is 0 Å². The molecule has 3 unspecified atom stereocenters. The number of hydrogen-bond donors (Lipinski definition) is 5. The number of aliphatic hydroxyl groups excluding tert-OH is 3. The molecule has 13 heteroatoms. The standard InChI is InChI=1S/C11H15NO.C10H13NO.C10H10O.C10H12O.2C10H10O.C10H10.C9H7NO3.C9H8O/c1-7-3-4-8-6-10(13)11(12-2)9(8)5-7;1-6-2-3-7-5-9(12)10(11)8(7)4-6;1-6-2-3-7-5-9-10(11-9)8(7)4-6;3*1-7-2-3-8-4-5-10(11)9(8)6-7;1-8-5-6-9-3-2-4-10(9)7-8;11-9-5-4-6-7(9)2-1-3-8(6)10(12)13;10-9-6-5-7-3-1-2-4-8(7)9/h3-5,10-13H,6H2,1-2H3;2-4,9-10,12H,5,11H2,1H3;2-4,9-10H,5H2,1H3;2-3,6,10-11H,4-5H2,1H3;2*2-3,6H,4-5H2,1H3;2,4-7H,3H2,1H3;1-3H,4-5H2;1-4H,5-6H2/t10-,11-;9-,10-;;;;;;;/m11......./s1. The fraction of sp³-hybridized carbons (Fsp3) is 0.326. The highest BCUT2D eigenvalue weighted by molar-refractivity contribution is 6.02. The van der Waals surface area contributed by atoms with Crippen molar-refractivity contribution >= 4 is 34.9 Å². The number of carbonyl (C=O) groups is 4. The number of aliphatic hydroxyl groups is 3. The van der Waals surface area contributed by atoms with E-state index in [1.807, 2.05) is 64.2 Å². The fourth-order valence-electron chi connectivity index (χ4n) is 15.0. The highest BCUT2D eigenvalue weighted by Gasteiger charge is 2.47. The third-order valence-corrected chi connectivity index (χ3v) is 20.7. The number of nitrogens with two attached hydrogens (primary N) is 1. The van der Waals surface area contributed by atoms with E-state index >= 15 is 0 Å². The number of nitro benzene ring substituents is 1. The van der Waals surface area contributed by atoms with Crippen LogP contribution in [0.2, 0.25) is 0 Å². The Bertz CT molecular complexity index is 4550. The van der Waals surface area contributed by atoms with Gasteiger partial charge in [-0.05, 0) is 185 Å². The van der Waals surface area contributed by atoms with Gasteiger partial charge in [0.05, 0.1) is 41.4 Å². The predicted octanol–water partition coefficient (Wildman–Crippen LogP) is 16.4. The van der Waals surface area contributed by atoms with Crippen LogP contribution in [0.25, 0.3) is 6.08 Å². The number of ketones is 4. The van der Waals surface area contributed by atoms with Gasteiger partial charge in [0.25, 0.3) is 5.69 Å². The molecule has 102 heavy (non-hydrogen) atoms. The minimum atomic E-state index is -0.433. The van der Waals surface area contributed by atoms with E-state index < -0.39 is 4.92 Å². The van der Waals surface area contributed by atoms with Crippen molar-refractivity contribution in [1.82, 2.24) is 5.32 Å². The van der Waals surface area contributed by atoms with E-state index in [4.69, 9.17) is 10.5 Å². The Morgan fingerprint density at radius 1 is 0.441 bits per heavy atom. The number of nitrogens with zero attached hydrogens (tertiary/aromatic N) is 1. The Balaban J connectivity index is 0.000000115. The SMILES string of the molecule is CN[C@@H]1c2cc(C)ccc2C[C@H]1O.Cc1ccc2c(c1)C(=O)CC2.Cc1ccc2c(c1)C(=O)CC2.Cc1ccc2c(c1)C(O)CC2.Cc1ccc2c(c1)C1OC1C2.Cc1ccc2c(c1)C=CC2.Cc1ccc2c(c1)[C@@H](N)[C@H](O)C2.O=C1CCc2c1cccc2[N+](=O)[O-].O=C1CCc2ccccc21. The van der Waals surface area contributed by atoms with Crippen molar-refractivity contribution in [2.75, 3.05) is 7.05 Å². The van der Waals surface area contributed by atoms with Crippen LogP contribution in [0, 0.1) is 58.6 Å². The van der Waals surface area contributed by atoms with Crippen molar-refractivity contribution < 1.29 is 44.2 Å². The number of allylic oxidation sites excluding steroid dienone is 1. The van der Waals surface area contributed by atoms with Crippen LogP contribution in [0.15, 0.2) is 176 Å². The zero-order valence-electron chi connectivity index (χ0n) is 60.0. The number of aryl methyl sites for hydroxylation is 11. The van der Waals surface area contributed by atoms with Crippen LogP contribution in [0.5, 0.6) is 0 Å². The fourth-order valence-corrected chi connectivity index (χ4v) is 15.0. The number of rotatable bonds is 2. The van der Waals surface area contributed by atoms with E-state index in [0.29, 0.717) is 79.2 Å². The van der Waals surface area contributed by atoms with Crippen LogP contribution in [-0.2, 0) is 62.5 Å². The van der Waals surface area contributed by atoms with Gasteiger partial charge in [-0.15, -0.1) is 0 Å². The number of carbonyl (C=O) groups excluding carboxylic acids is 4. The summed E-state index contributed by atoms with van der Waals surface area (Å²) in [4.78, 5) is 54.8. The quantitative estimate of drug-likeness (QED) is 0.0620. The Morgan fingerprint density at radius 3 is 1.48 bits per heavy atom. The molecule has 10 aliphatic rings. The van der Waals surface area contributed by atoms with Crippen LogP contribution >= 0.6 is 0 Å². The number of likely N-dealkylation sites (N-methyl/N-ethyl adjacent to an activating group) is 1. The van der Waals surface area contributed by atoms with E-state index in [-0.39, 0.29) is 41.9 Å². The zero-order valence-corrected chi connectivity index (χ0v) is 60.0. The highest BCUT2D eigenvalue weighted by atomic mass is 16.6. The number of hydrogen-bond acceptors (Lipinski definition) is 12. The Labute approximate surface area is 600 Å².